The molecule has 0 atom stereocenters. The van der Waals surface area contributed by atoms with Gasteiger partial charge in [-0.05, 0) is 56.9 Å². The predicted molar refractivity (Wildman–Crippen MR) is 102 cm³/mol. The third kappa shape index (κ3) is 3.03. The summed E-state index contributed by atoms with van der Waals surface area (Å²) in [5.41, 5.74) is 5.15. The number of aryl methyl sites for hydroxylation is 3. The molecule has 132 valence electrons. The van der Waals surface area contributed by atoms with Crippen molar-refractivity contribution in [1.82, 2.24) is 4.98 Å². The average Bonchev–Trinajstić information content (AvgIpc) is 2.98. The third-order valence-electron chi connectivity index (χ3n) is 5.03. The second kappa shape index (κ2) is 6.79. The molecule has 0 spiro atoms. The van der Waals surface area contributed by atoms with Crippen LogP contribution >= 0.6 is 0 Å². The largest absolute Gasteiger partial charge is 0.465 e. The van der Waals surface area contributed by atoms with E-state index >= 15 is 0 Å². The van der Waals surface area contributed by atoms with E-state index in [1.54, 1.807) is 0 Å². The van der Waals surface area contributed by atoms with Gasteiger partial charge in [-0.3, -0.25) is 4.79 Å². The summed E-state index contributed by atoms with van der Waals surface area (Å²) in [6.45, 7) is 3.94. The number of rotatable bonds is 3. The van der Waals surface area contributed by atoms with Crippen LogP contribution in [0.25, 0.3) is 11.1 Å². The first kappa shape index (κ1) is 16.6. The Balaban J connectivity index is 1.57. The van der Waals surface area contributed by atoms with Gasteiger partial charge in [0.2, 0.25) is 0 Å². The number of furan rings is 1. The molecule has 1 N–H and O–H groups in total. The Hall–Kier alpha value is -2.88. The van der Waals surface area contributed by atoms with Crippen molar-refractivity contribution < 1.29 is 9.21 Å². The summed E-state index contributed by atoms with van der Waals surface area (Å²) in [6.07, 6.45) is 6.31. The van der Waals surface area contributed by atoms with Crippen LogP contribution in [0.1, 0.15) is 45.8 Å². The molecule has 0 saturated heterocycles. The lowest BCUT2D eigenvalue weighted by Gasteiger charge is -2.11. The number of aromatic nitrogens is 1. The molecule has 0 unspecified atom stereocenters. The summed E-state index contributed by atoms with van der Waals surface area (Å²) in [4.78, 5) is 16.9. The van der Waals surface area contributed by atoms with Gasteiger partial charge in [0.25, 0.3) is 5.91 Å². The number of hydrogen-bond donors (Lipinski definition) is 1. The molecule has 0 aliphatic heterocycles. The SMILES string of the molecule is Cc1ccccc1C(=O)Nc1ccc(-c2c(C)oc3c2CCCC3)cn1. The number of fused-ring (bicyclic) bond motifs is 1. The van der Waals surface area contributed by atoms with Crippen LogP contribution in [0.15, 0.2) is 47.0 Å². The number of carbonyl (C=O) groups excluding carboxylic acids is 1. The van der Waals surface area contributed by atoms with Crippen molar-refractivity contribution >= 4 is 11.7 Å². The van der Waals surface area contributed by atoms with Gasteiger partial charge in [0.15, 0.2) is 0 Å². The summed E-state index contributed by atoms with van der Waals surface area (Å²) in [7, 11) is 0. The van der Waals surface area contributed by atoms with E-state index in [1.165, 1.54) is 24.0 Å². The Kier molecular flexibility index (Phi) is 4.33. The zero-order chi connectivity index (χ0) is 18.1. The second-order valence-electron chi connectivity index (χ2n) is 6.84. The maximum Gasteiger partial charge on any atom is 0.257 e. The van der Waals surface area contributed by atoms with E-state index in [0.717, 1.165) is 35.5 Å². The molecular formula is C22H22N2O2. The fraction of sp³-hybridized carbons (Fsp3) is 0.273. The van der Waals surface area contributed by atoms with E-state index in [-0.39, 0.29) is 5.91 Å². The number of hydrogen-bond acceptors (Lipinski definition) is 3. The molecule has 4 nitrogen and oxygen atoms in total. The van der Waals surface area contributed by atoms with Crippen LogP contribution in [0, 0.1) is 13.8 Å². The molecule has 0 radical (unpaired) electrons. The summed E-state index contributed by atoms with van der Waals surface area (Å²) in [5, 5.41) is 2.88. The Morgan fingerprint density at radius 3 is 2.65 bits per heavy atom. The Morgan fingerprint density at radius 1 is 1.08 bits per heavy atom. The van der Waals surface area contributed by atoms with E-state index < -0.39 is 0 Å². The minimum Gasteiger partial charge on any atom is -0.465 e. The number of nitrogens with zero attached hydrogens (tertiary/aromatic N) is 1. The smallest absolute Gasteiger partial charge is 0.257 e. The highest BCUT2D eigenvalue weighted by Gasteiger charge is 2.21. The maximum atomic E-state index is 12.4. The highest BCUT2D eigenvalue weighted by molar-refractivity contribution is 6.04. The van der Waals surface area contributed by atoms with E-state index in [0.29, 0.717) is 11.4 Å². The van der Waals surface area contributed by atoms with Gasteiger partial charge in [0.1, 0.15) is 17.3 Å². The van der Waals surface area contributed by atoms with Crippen molar-refractivity contribution in [2.75, 3.05) is 5.32 Å². The molecule has 0 saturated carbocycles. The van der Waals surface area contributed by atoms with Crippen LogP contribution in [0.3, 0.4) is 0 Å². The van der Waals surface area contributed by atoms with Gasteiger partial charge in [-0.2, -0.15) is 0 Å². The highest BCUT2D eigenvalue weighted by Crippen LogP contribution is 2.36. The third-order valence-corrected chi connectivity index (χ3v) is 5.03. The summed E-state index contributed by atoms with van der Waals surface area (Å²) >= 11 is 0. The molecule has 4 heteroatoms. The van der Waals surface area contributed by atoms with Gasteiger partial charge in [-0.25, -0.2) is 4.98 Å². The molecule has 1 aliphatic rings. The number of amides is 1. The van der Waals surface area contributed by atoms with Gasteiger partial charge >= 0.3 is 0 Å². The Bertz CT molecular complexity index is 955. The molecule has 2 aromatic heterocycles. The van der Waals surface area contributed by atoms with Crippen LogP contribution in [0.5, 0.6) is 0 Å². The van der Waals surface area contributed by atoms with E-state index in [2.05, 4.69) is 10.3 Å². The van der Waals surface area contributed by atoms with Crippen LogP contribution in [0.4, 0.5) is 5.82 Å². The lowest BCUT2D eigenvalue weighted by molar-refractivity contribution is 0.102. The quantitative estimate of drug-likeness (QED) is 0.719. The zero-order valence-corrected chi connectivity index (χ0v) is 15.1. The molecular weight excluding hydrogens is 324 g/mol. The predicted octanol–water partition coefficient (Wildman–Crippen LogP) is 5.09. The second-order valence-corrected chi connectivity index (χ2v) is 6.84. The van der Waals surface area contributed by atoms with E-state index in [1.807, 2.05) is 56.4 Å². The first-order chi connectivity index (χ1) is 12.6. The number of benzene rings is 1. The van der Waals surface area contributed by atoms with E-state index in [4.69, 9.17) is 4.42 Å². The fourth-order valence-corrected chi connectivity index (χ4v) is 3.71. The summed E-state index contributed by atoms with van der Waals surface area (Å²) in [6, 6.07) is 11.4. The van der Waals surface area contributed by atoms with Gasteiger partial charge < -0.3 is 9.73 Å². The van der Waals surface area contributed by atoms with Crippen molar-refractivity contribution in [2.24, 2.45) is 0 Å². The molecule has 4 rings (SSSR count). The van der Waals surface area contributed by atoms with Crippen LogP contribution in [-0.4, -0.2) is 10.9 Å². The first-order valence-corrected chi connectivity index (χ1v) is 9.08. The Labute approximate surface area is 153 Å². The zero-order valence-electron chi connectivity index (χ0n) is 15.1. The highest BCUT2D eigenvalue weighted by atomic mass is 16.3. The van der Waals surface area contributed by atoms with Gasteiger partial charge in [-0.1, -0.05) is 18.2 Å². The molecule has 0 bridgehead atoms. The maximum absolute atomic E-state index is 12.4. The van der Waals surface area contributed by atoms with E-state index in [9.17, 15) is 4.79 Å². The molecule has 1 aliphatic carbocycles. The number of anilines is 1. The number of pyridine rings is 1. The van der Waals surface area contributed by atoms with Crippen molar-refractivity contribution in [1.29, 1.82) is 0 Å². The molecule has 0 fully saturated rings. The van der Waals surface area contributed by atoms with Gasteiger partial charge in [-0.15, -0.1) is 0 Å². The summed E-state index contributed by atoms with van der Waals surface area (Å²) < 4.78 is 5.96. The average molecular weight is 346 g/mol. The number of nitrogens with one attached hydrogen (secondary N) is 1. The Morgan fingerprint density at radius 2 is 1.88 bits per heavy atom. The lowest BCUT2D eigenvalue weighted by Crippen LogP contribution is -2.14. The van der Waals surface area contributed by atoms with Crippen LogP contribution in [-0.2, 0) is 12.8 Å². The monoisotopic (exact) mass is 346 g/mol. The molecule has 1 aromatic carbocycles. The normalized spacial score (nSPS) is 13.3. The molecule has 1 amide bonds. The fourth-order valence-electron chi connectivity index (χ4n) is 3.71. The molecule has 26 heavy (non-hydrogen) atoms. The minimum atomic E-state index is -0.139. The van der Waals surface area contributed by atoms with Gasteiger partial charge in [0.05, 0.1) is 0 Å². The summed E-state index contributed by atoms with van der Waals surface area (Å²) in [5.74, 6) is 2.49. The lowest BCUT2D eigenvalue weighted by atomic mass is 9.92. The number of carbonyl (C=O) groups is 1. The van der Waals surface area contributed by atoms with Crippen molar-refractivity contribution in [2.45, 2.75) is 39.5 Å². The minimum absolute atomic E-state index is 0.139. The topological polar surface area (TPSA) is 55.1 Å². The first-order valence-electron chi connectivity index (χ1n) is 9.08. The van der Waals surface area contributed by atoms with Crippen LogP contribution < -0.4 is 5.32 Å². The molecule has 3 aromatic rings. The van der Waals surface area contributed by atoms with Crippen molar-refractivity contribution in [3.05, 3.63) is 70.8 Å². The van der Waals surface area contributed by atoms with Gasteiger partial charge in [0, 0.05) is 34.9 Å². The van der Waals surface area contributed by atoms with Crippen LogP contribution in [0.2, 0.25) is 0 Å². The standard InChI is InChI=1S/C22H22N2O2/c1-14-7-3-4-8-17(14)22(25)24-20-12-11-16(13-23-20)21-15(2)26-19-10-6-5-9-18(19)21/h3-4,7-8,11-13H,5-6,9-10H2,1-2H3,(H,23,24,25). The van der Waals surface area contributed by atoms with Crippen molar-refractivity contribution in [3.8, 4) is 11.1 Å². The van der Waals surface area contributed by atoms with Crippen molar-refractivity contribution in [3.63, 3.8) is 0 Å². The molecule has 2 heterocycles.